The predicted octanol–water partition coefficient (Wildman–Crippen LogP) is 3.56. The van der Waals surface area contributed by atoms with Gasteiger partial charge >= 0.3 is 5.97 Å². The molecule has 0 aromatic heterocycles. The van der Waals surface area contributed by atoms with Gasteiger partial charge in [-0.05, 0) is 18.6 Å². The minimum atomic E-state index is -2.99. The number of benzene rings is 1. The van der Waals surface area contributed by atoms with Crippen molar-refractivity contribution in [3.05, 3.63) is 34.3 Å². The van der Waals surface area contributed by atoms with Crippen molar-refractivity contribution in [2.24, 2.45) is 0 Å². The molecule has 2 nitrogen and oxygen atoms in total. The largest absolute Gasteiger partial charge is 0.466 e. The Labute approximate surface area is 104 Å². The van der Waals surface area contributed by atoms with Crippen molar-refractivity contribution < 1.29 is 18.3 Å². The third kappa shape index (κ3) is 3.97. The van der Waals surface area contributed by atoms with Crippen LogP contribution in [0.4, 0.5) is 8.78 Å². The lowest BCUT2D eigenvalue weighted by atomic mass is 10.1. The summed E-state index contributed by atoms with van der Waals surface area (Å²) >= 11 is 5.74. The van der Waals surface area contributed by atoms with E-state index in [0.717, 1.165) is 6.92 Å². The Hall–Kier alpha value is -1.16. The first-order valence-electron chi connectivity index (χ1n) is 5.17. The molecule has 0 bridgehead atoms. The van der Waals surface area contributed by atoms with E-state index in [-0.39, 0.29) is 23.6 Å². The van der Waals surface area contributed by atoms with Gasteiger partial charge in [0, 0.05) is 12.5 Å². The molecule has 0 fully saturated rings. The molecular weight excluding hydrogens is 250 g/mol. The van der Waals surface area contributed by atoms with Crippen molar-refractivity contribution in [3.8, 4) is 0 Å². The number of ether oxygens (including phenoxy) is 1. The lowest BCUT2D eigenvalue weighted by molar-refractivity contribution is -0.142. The van der Waals surface area contributed by atoms with Crippen LogP contribution >= 0.6 is 11.6 Å². The molecule has 94 valence electrons. The molecule has 0 unspecified atom stereocenters. The van der Waals surface area contributed by atoms with Gasteiger partial charge in [0.15, 0.2) is 0 Å². The molecule has 1 rings (SSSR count). The van der Waals surface area contributed by atoms with Gasteiger partial charge in [-0.3, -0.25) is 4.79 Å². The fraction of sp³-hybridized carbons (Fsp3) is 0.417. The highest BCUT2D eigenvalue weighted by Gasteiger charge is 2.27. The molecule has 17 heavy (non-hydrogen) atoms. The first kappa shape index (κ1) is 13.9. The fourth-order valence-electron chi connectivity index (χ4n) is 1.40. The van der Waals surface area contributed by atoms with E-state index in [2.05, 4.69) is 0 Å². The number of alkyl halides is 2. The van der Waals surface area contributed by atoms with Crippen molar-refractivity contribution in [1.29, 1.82) is 0 Å². The Morgan fingerprint density at radius 1 is 1.47 bits per heavy atom. The van der Waals surface area contributed by atoms with E-state index in [9.17, 15) is 13.6 Å². The second-order valence-corrected chi connectivity index (χ2v) is 4.09. The van der Waals surface area contributed by atoms with Crippen molar-refractivity contribution in [2.75, 3.05) is 6.61 Å². The number of carbonyl (C=O) groups is 1. The quantitative estimate of drug-likeness (QED) is 0.776. The zero-order chi connectivity index (χ0) is 13.1. The second kappa shape index (κ2) is 5.45. The number of hydrogen-bond acceptors (Lipinski definition) is 2. The van der Waals surface area contributed by atoms with Crippen LogP contribution in [0.2, 0.25) is 5.02 Å². The van der Waals surface area contributed by atoms with Crippen LogP contribution in [0.15, 0.2) is 18.2 Å². The van der Waals surface area contributed by atoms with Crippen LogP contribution in [-0.4, -0.2) is 12.6 Å². The molecule has 0 amide bonds. The normalized spacial score (nSPS) is 11.4. The van der Waals surface area contributed by atoms with Crippen molar-refractivity contribution >= 4 is 17.6 Å². The highest BCUT2D eigenvalue weighted by molar-refractivity contribution is 6.31. The van der Waals surface area contributed by atoms with Crippen LogP contribution in [0.25, 0.3) is 0 Å². The summed E-state index contributed by atoms with van der Waals surface area (Å²) in [5.74, 6) is -3.39. The summed E-state index contributed by atoms with van der Waals surface area (Å²) in [6.45, 7) is 2.77. The standard InChI is InChI=1S/C12H13ClF2O2/c1-3-17-11(16)7-8-4-5-9(10(13)6-8)12(2,14)15/h4-6H,3,7H2,1-2H3. The van der Waals surface area contributed by atoms with E-state index in [1.807, 2.05) is 0 Å². The molecule has 0 radical (unpaired) electrons. The van der Waals surface area contributed by atoms with Gasteiger partial charge < -0.3 is 4.74 Å². The number of halogens is 3. The zero-order valence-electron chi connectivity index (χ0n) is 9.60. The predicted molar refractivity (Wildman–Crippen MR) is 61.4 cm³/mol. The van der Waals surface area contributed by atoms with E-state index in [4.69, 9.17) is 16.3 Å². The summed E-state index contributed by atoms with van der Waals surface area (Å²) in [4.78, 5) is 11.2. The summed E-state index contributed by atoms with van der Waals surface area (Å²) in [6, 6.07) is 4.05. The smallest absolute Gasteiger partial charge is 0.310 e. The third-order valence-corrected chi connectivity index (χ3v) is 2.47. The van der Waals surface area contributed by atoms with Crippen molar-refractivity contribution in [3.63, 3.8) is 0 Å². The molecule has 0 aliphatic rings. The topological polar surface area (TPSA) is 26.3 Å². The van der Waals surface area contributed by atoms with Crippen molar-refractivity contribution in [1.82, 2.24) is 0 Å². The Balaban J connectivity index is 2.86. The minimum absolute atomic E-state index is 0.0309. The van der Waals surface area contributed by atoms with Gasteiger partial charge in [0.2, 0.25) is 0 Å². The molecule has 1 aromatic carbocycles. The average molecular weight is 263 g/mol. The maximum atomic E-state index is 13.1. The summed E-state index contributed by atoms with van der Waals surface area (Å²) in [5.41, 5.74) is 0.313. The molecule has 0 saturated carbocycles. The van der Waals surface area contributed by atoms with Gasteiger partial charge in [0.1, 0.15) is 0 Å². The third-order valence-electron chi connectivity index (χ3n) is 2.16. The molecule has 5 heteroatoms. The monoisotopic (exact) mass is 262 g/mol. The number of rotatable bonds is 4. The molecule has 0 heterocycles. The van der Waals surface area contributed by atoms with E-state index in [0.29, 0.717) is 5.56 Å². The van der Waals surface area contributed by atoms with Crippen molar-refractivity contribution in [2.45, 2.75) is 26.2 Å². The Bertz CT molecular complexity index is 413. The van der Waals surface area contributed by atoms with Gasteiger partial charge in [0.05, 0.1) is 18.1 Å². The molecule has 1 aromatic rings. The summed E-state index contributed by atoms with van der Waals surface area (Å²) in [6.07, 6.45) is 0.0309. The van der Waals surface area contributed by atoms with Gasteiger partial charge in [-0.2, -0.15) is 0 Å². The highest BCUT2D eigenvalue weighted by Crippen LogP contribution is 2.33. The van der Waals surface area contributed by atoms with Gasteiger partial charge in [0.25, 0.3) is 5.92 Å². The summed E-state index contributed by atoms with van der Waals surface area (Å²) < 4.78 is 30.9. The van der Waals surface area contributed by atoms with Gasteiger partial charge in [-0.25, -0.2) is 8.78 Å². The number of carbonyl (C=O) groups excluding carboxylic acids is 1. The minimum Gasteiger partial charge on any atom is -0.466 e. The highest BCUT2D eigenvalue weighted by atomic mass is 35.5. The van der Waals surface area contributed by atoms with Crippen LogP contribution in [-0.2, 0) is 21.9 Å². The van der Waals surface area contributed by atoms with Crippen LogP contribution in [0.5, 0.6) is 0 Å². The van der Waals surface area contributed by atoms with Crippen LogP contribution in [0.3, 0.4) is 0 Å². The van der Waals surface area contributed by atoms with E-state index >= 15 is 0 Å². The molecule has 0 atom stereocenters. The van der Waals surface area contributed by atoms with Crippen LogP contribution in [0.1, 0.15) is 25.0 Å². The SMILES string of the molecule is CCOC(=O)Cc1ccc(C(C)(F)F)c(Cl)c1. The lowest BCUT2D eigenvalue weighted by Crippen LogP contribution is -2.10. The van der Waals surface area contributed by atoms with Gasteiger partial charge in [-0.1, -0.05) is 23.7 Å². The van der Waals surface area contributed by atoms with Crippen LogP contribution in [0, 0.1) is 0 Å². The molecule has 0 aliphatic heterocycles. The maximum absolute atomic E-state index is 13.1. The average Bonchev–Trinajstić information content (AvgIpc) is 2.15. The lowest BCUT2D eigenvalue weighted by Gasteiger charge is -2.13. The van der Waals surface area contributed by atoms with E-state index in [1.165, 1.54) is 18.2 Å². The Kier molecular flexibility index (Phi) is 4.46. The number of hydrogen-bond donors (Lipinski definition) is 0. The van der Waals surface area contributed by atoms with Crippen LogP contribution < -0.4 is 0 Å². The number of esters is 1. The Morgan fingerprint density at radius 2 is 2.12 bits per heavy atom. The molecule has 0 saturated heterocycles. The van der Waals surface area contributed by atoms with E-state index in [1.54, 1.807) is 6.92 Å². The zero-order valence-corrected chi connectivity index (χ0v) is 10.4. The molecule has 0 aliphatic carbocycles. The summed E-state index contributed by atoms with van der Waals surface area (Å²) in [7, 11) is 0. The molecular formula is C12H13ClF2O2. The Morgan fingerprint density at radius 3 is 2.59 bits per heavy atom. The molecule has 0 spiro atoms. The van der Waals surface area contributed by atoms with Gasteiger partial charge in [-0.15, -0.1) is 0 Å². The molecule has 0 N–H and O–H groups in total. The fourth-order valence-corrected chi connectivity index (χ4v) is 1.77. The van der Waals surface area contributed by atoms with E-state index < -0.39 is 11.9 Å². The summed E-state index contributed by atoms with van der Waals surface area (Å²) in [5, 5.41) is -0.0423. The first-order chi connectivity index (χ1) is 7.84. The first-order valence-corrected chi connectivity index (χ1v) is 5.54. The second-order valence-electron chi connectivity index (χ2n) is 3.68. The maximum Gasteiger partial charge on any atom is 0.310 e.